The molecule has 0 saturated carbocycles. The molecule has 0 aromatic rings. The van der Waals surface area contributed by atoms with Crippen LogP contribution < -0.4 is 0 Å². The van der Waals surface area contributed by atoms with Crippen molar-refractivity contribution in [2.75, 3.05) is 13.6 Å². The predicted octanol–water partition coefficient (Wildman–Crippen LogP) is 3.85. The van der Waals surface area contributed by atoms with Gasteiger partial charge in [-0.3, -0.25) is 4.79 Å². The molecule has 0 bridgehead atoms. The number of amides is 1. The van der Waals surface area contributed by atoms with Gasteiger partial charge in [0.25, 0.3) is 0 Å². The summed E-state index contributed by atoms with van der Waals surface area (Å²) in [5.41, 5.74) is 2.74. The molecule has 3 heteroatoms. The first-order valence-corrected chi connectivity index (χ1v) is 6.77. The van der Waals surface area contributed by atoms with Gasteiger partial charge in [0, 0.05) is 18.4 Å². The number of carbonyl (C=O) groups is 1. The summed E-state index contributed by atoms with van der Waals surface area (Å²) in [5, 5.41) is 0. The van der Waals surface area contributed by atoms with Gasteiger partial charge < -0.3 is 9.80 Å². The van der Waals surface area contributed by atoms with E-state index in [1.165, 1.54) is 0 Å². The van der Waals surface area contributed by atoms with E-state index in [4.69, 9.17) is 0 Å². The lowest BCUT2D eigenvalue weighted by Crippen LogP contribution is -2.28. The molecule has 3 nitrogen and oxygen atoms in total. The Bertz CT molecular complexity index is 430. The Hall–Kier alpha value is -2.03. The van der Waals surface area contributed by atoms with Gasteiger partial charge in [0.15, 0.2) is 0 Å². The van der Waals surface area contributed by atoms with Crippen LogP contribution in [0.5, 0.6) is 0 Å². The van der Waals surface area contributed by atoms with E-state index < -0.39 is 0 Å². The van der Waals surface area contributed by atoms with Gasteiger partial charge in [-0.1, -0.05) is 38.3 Å². The second kappa shape index (κ2) is 9.84. The molecule has 0 N–H and O–H groups in total. The van der Waals surface area contributed by atoms with E-state index in [2.05, 4.69) is 26.2 Å². The summed E-state index contributed by atoms with van der Waals surface area (Å²) in [5.74, 6) is 0. The molecule has 1 amide bonds. The van der Waals surface area contributed by atoms with Gasteiger partial charge in [0.05, 0.1) is 6.54 Å². The van der Waals surface area contributed by atoms with Crippen LogP contribution in [0.2, 0.25) is 0 Å². The first kappa shape index (κ1) is 18.0. The van der Waals surface area contributed by atoms with Crippen LogP contribution >= 0.6 is 0 Å². The quantitative estimate of drug-likeness (QED) is 0.471. The summed E-state index contributed by atoms with van der Waals surface area (Å²) in [6.07, 6.45) is 11.3. The molecule has 0 atom stereocenters. The Morgan fingerprint density at radius 2 is 1.90 bits per heavy atom. The molecule has 0 saturated heterocycles. The normalized spacial score (nSPS) is 12.9. The van der Waals surface area contributed by atoms with Crippen LogP contribution in [0, 0.1) is 0 Å². The largest absolute Gasteiger partial charge is 0.353 e. The highest BCUT2D eigenvalue weighted by Crippen LogP contribution is 2.14. The minimum absolute atomic E-state index is 0.497. The highest BCUT2D eigenvalue weighted by molar-refractivity contribution is 5.55. The van der Waals surface area contributed by atoms with Gasteiger partial charge in [-0.25, -0.2) is 0 Å². The van der Waals surface area contributed by atoms with Crippen molar-refractivity contribution in [1.29, 1.82) is 0 Å². The van der Waals surface area contributed by atoms with Gasteiger partial charge in [0.1, 0.15) is 0 Å². The Morgan fingerprint density at radius 3 is 2.30 bits per heavy atom. The second-order valence-corrected chi connectivity index (χ2v) is 4.39. The van der Waals surface area contributed by atoms with Gasteiger partial charge in [0.2, 0.25) is 6.41 Å². The van der Waals surface area contributed by atoms with Crippen LogP contribution in [-0.2, 0) is 4.79 Å². The molecular formula is C17H26N2O. The predicted molar refractivity (Wildman–Crippen MR) is 86.8 cm³/mol. The standard InChI is InChI=1S/C17H26N2O/c1-7-11-12-18(6)16(9-3)13-19(14-20)17(10-4)15(5)8-2/h8-12,14H,2,4,7,13H2,1,3,5-6H3/b12-11-,16-9-,17-15+. The van der Waals surface area contributed by atoms with Crippen LogP contribution in [-0.4, -0.2) is 29.8 Å². The third-order valence-corrected chi connectivity index (χ3v) is 3.02. The molecule has 0 aromatic carbocycles. The second-order valence-electron chi connectivity index (χ2n) is 4.39. The number of likely N-dealkylation sites (N-methyl/N-ethyl adjacent to an activating group) is 1. The number of rotatable bonds is 9. The molecule has 20 heavy (non-hydrogen) atoms. The molecule has 0 aromatic heterocycles. The minimum atomic E-state index is 0.497. The Morgan fingerprint density at radius 1 is 1.25 bits per heavy atom. The maximum absolute atomic E-state index is 11.4. The fraction of sp³-hybridized carbons (Fsp3) is 0.353. The van der Waals surface area contributed by atoms with E-state index in [9.17, 15) is 4.79 Å². The lowest BCUT2D eigenvalue weighted by molar-refractivity contribution is -0.116. The number of nitrogens with zero attached hydrogens (tertiary/aromatic N) is 2. The minimum Gasteiger partial charge on any atom is -0.353 e. The first-order chi connectivity index (χ1) is 9.55. The topological polar surface area (TPSA) is 23.6 Å². The van der Waals surface area contributed by atoms with Crippen molar-refractivity contribution in [2.24, 2.45) is 0 Å². The third-order valence-electron chi connectivity index (χ3n) is 3.02. The average Bonchev–Trinajstić information content (AvgIpc) is 2.48. The van der Waals surface area contributed by atoms with Crippen LogP contribution in [0.4, 0.5) is 0 Å². The smallest absolute Gasteiger partial charge is 0.214 e. The zero-order valence-electron chi connectivity index (χ0n) is 13.1. The molecule has 0 aliphatic carbocycles. The molecule has 0 unspecified atom stereocenters. The van der Waals surface area contributed by atoms with Gasteiger partial charge in [-0.2, -0.15) is 0 Å². The van der Waals surface area contributed by atoms with Gasteiger partial charge in [-0.15, -0.1) is 0 Å². The van der Waals surface area contributed by atoms with E-state index in [0.29, 0.717) is 6.54 Å². The zero-order valence-corrected chi connectivity index (χ0v) is 13.1. The molecule has 0 aliphatic heterocycles. The lowest BCUT2D eigenvalue weighted by Gasteiger charge is -2.26. The number of hydrogen-bond acceptors (Lipinski definition) is 2. The van der Waals surface area contributed by atoms with E-state index in [-0.39, 0.29) is 0 Å². The van der Waals surface area contributed by atoms with Crippen LogP contribution in [0.3, 0.4) is 0 Å². The monoisotopic (exact) mass is 274 g/mol. The van der Waals surface area contributed by atoms with Crippen molar-refractivity contribution in [3.8, 4) is 0 Å². The van der Waals surface area contributed by atoms with Gasteiger partial charge in [-0.05, 0) is 38.1 Å². The maximum Gasteiger partial charge on any atom is 0.214 e. The van der Waals surface area contributed by atoms with Crippen LogP contribution in [0.1, 0.15) is 27.2 Å². The fourth-order valence-electron chi connectivity index (χ4n) is 1.73. The Kier molecular flexibility index (Phi) is 8.84. The Labute approximate surface area is 123 Å². The van der Waals surface area contributed by atoms with Crippen LogP contribution in [0.15, 0.2) is 60.6 Å². The summed E-state index contributed by atoms with van der Waals surface area (Å²) in [6.45, 7) is 14.0. The molecule has 0 heterocycles. The maximum atomic E-state index is 11.4. The van der Waals surface area contributed by atoms with Crippen molar-refractivity contribution in [3.63, 3.8) is 0 Å². The molecule has 0 rings (SSSR count). The van der Waals surface area contributed by atoms with Crippen molar-refractivity contribution in [2.45, 2.75) is 27.2 Å². The summed E-state index contributed by atoms with van der Waals surface area (Å²) < 4.78 is 0. The summed E-state index contributed by atoms with van der Waals surface area (Å²) >= 11 is 0. The fourth-order valence-corrected chi connectivity index (χ4v) is 1.73. The van der Waals surface area contributed by atoms with Crippen molar-refractivity contribution in [3.05, 3.63) is 60.6 Å². The zero-order chi connectivity index (χ0) is 15.5. The number of allylic oxidation sites excluding steroid dienone is 5. The van der Waals surface area contributed by atoms with Gasteiger partial charge >= 0.3 is 0 Å². The van der Waals surface area contributed by atoms with Crippen LogP contribution in [0.25, 0.3) is 0 Å². The van der Waals surface area contributed by atoms with Crippen molar-refractivity contribution < 1.29 is 4.79 Å². The van der Waals surface area contributed by atoms with E-state index in [0.717, 1.165) is 29.8 Å². The van der Waals surface area contributed by atoms with Crippen molar-refractivity contribution in [1.82, 2.24) is 9.80 Å². The lowest BCUT2D eigenvalue weighted by atomic mass is 10.2. The van der Waals surface area contributed by atoms with E-state index in [1.807, 2.05) is 38.1 Å². The molecule has 0 radical (unpaired) electrons. The van der Waals surface area contributed by atoms with Crippen molar-refractivity contribution >= 4 is 6.41 Å². The molecule has 110 valence electrons. The highest BCUT2D eigenvalue weighted by atomic mass is 16.1. The summed E-state index contributed by atoms with van der Waals surface area (Å²) in [6, 6.07) is 0. The molecule has 0 fully saturated rings. The summed E-state index contributed by atoms with van der Waals surface area (Å²) in [4.78, 5) is 15.0. The summed E-state index contributed by atoms with van der Waals surface area (Å²) in [7, 11) is 1.97. The Balaban J connectivity index is 5.21. The van der Waals surface area contributed by atoms with E-state index in [1.54, 1.807) is 17.1 Å². The first-order valence-electron chi connectivity index (χ1n) is 6.77. The molecule has 0 aliphatic rings. The SMILES string of the molecule is C=C/C(C)=C(\C=C)N(C=O)C/C(=C/C)N(C)/C=C\CC. The average molecular weight is 274 g/mol. The number of hydrogen-bond donors (Lipinski definition) is 0. The molecular weight excluding hydrogens is 248 g/mol. The van der Waals surface area contributed by atoms with E-state index >= 15 is 0 Å². The number of carbonyl (C=O) groups excluding carboxylic acids is 1. The third kappa shape index (κ3) is 5.31. The highest BCUT2D eigenvalue weighted by Gasteiger charge is 2.11. The molecule has 0 spiro atoms.